The highest BCUT2D eigenvalue weighted by Crippen LogP contribution is 2.30. The normalized spacial score (nSPS) is 11.1. The van der Waals surface area contributed by atoms with Crippen LogP contribution in [0.2, 0.25) is 0 Å². The number of amides is 1. The van der Waals surface area contributed by atoms with Gasteiger partial charge in [-0.3, -0.25) is 14.2 Å². The van der Waals surface area contributed by atoms with Crippen molar-refractivity contribution in [1.82, 2.24) is 9.55 Å². The molecule has 0 bridgehead atoms. The van der Waals surface area contributed by atoms with Crippen molar-refractivity contribution in [2.75, 3.05) is 19.5 Å². The van der Waals surface area contributed by atoms with Crippen molar-refractivity contribution in [2.24, 2.45) is 0 Å². The number of hydrogen-bond acceptors (Lipinski definition) is 5. The molecule has 0 aliphatic carbocycles. The molecule has 0 atom stereocenters. The van der Waals surface area contributed by atoms with Crippen LogP contribution in [0.25, 0.3) is 11.3 Å². The number of aromatic nitrogens is 2. The predicted octanol–water partition coefficient (Wildman–Crippen LogP) is 3.59. The van der Waals surface area contributed by atoms with Gasteiger partial charge in [-0.15, -0.1) is 0 Å². The molecule has 0 radical (unpaired) electrons. The van der Waals surface area contributed by atoms with Gasteiger partial charge in [-0.25, -0.2) is 4.98 Å². The number of halogens is 3. The smallest absolute Gasteiger partial charge is 0.416 e. The number of hydrogen-bond donors (Lipinski definition) is 1. The van der Waals surface area contributed by atoms with Crippen LogP contribution in [0.3, 0.4) is 0 Å². The van der Waals surface area contributed by atoms with Gasteiger partial charge in [0.05, 0.1) is 31.8 Å². The number of nitrogens with zero attached hydrogens (tertiary/aromatic N) is 2. The minimum atomic E-state index is -4.45. The lowest BCUT2D eigenvalue weighted by atomic mass is 10.1. The fraction of sp³-hybridized carbons (Fsp3) is 0.190. The number of carbonyl (C=O) groups is 1. The van der Waals surface area contributed by atoms with Crippen molar-refractivity contribution in [3.8, 4) is 22.8 Å². The summed E-state index contributed by atoms with van der Waals surface area (Å²) in [4.78, 5) is 28.8. The summed E-state index contributed by atoms with van der Waals surface area (Å²) in [6, 6.07) is 10.3. The number of anilines is 1. The Bertz CT molecular complexity index is 1120. The zero-order valence-electron chi connectivity index (χ0n) is 16.6. The number of methoxy groups -OCH3 is 2. The second-order valence-electron chi connectivity index (χ2n) is 6.46. The first kappa shape index (κ1) is 21.9. The average Bonchev–Trinajstić information content (AvgIpc) is 2.74. The summed E-state index contributed by atoms with van der Waals surface area (Å²) in [6.45, 7) is -0.307. The third kappa shape index (κ3) is 5.41. The van der Waals surface area contributed by atoms with E-state index in [4.69, 9.17) is 9.47 Å². The number of benzene rings is 2. The van der Waals surface area contributed by atoms with Crippen LogP contribution in [0.4, 0.5) is 18.9 Å². The average molecular weight is 433 g/mol. The van der Waals surface area contributed by atoms with Gasteiger partial charge in [-0.2, -0.15) is 13.2 Å². The van der Waals surface area contributed by atoms with Crippen LogP contribution in [0.15, 0.2) is 59.7 Å². The molecule has 10 heteroatoms. The zero-order valence-corrected chi connectivity index (χ0v) is 16.6. The van der Waals surface area contributed by atoms with E-state index >= 15 is 0 Å². The Labute approximate surface area is 175 Å². The Morgan fingerprint density at radius 1 is 1.03 bits per heavy atom. The van der Waals surface area contributed by atoms with Gasteiger partial charge in [0.15, 0.2) is 0 Å². The Morgan fingerprint density at radius 2 is 1.65 bits per heavy atom. The van der Waals surface area contributed by atoms with Crippen LogP contribution in [0.1, 0.15) is 5.56 Å². The Hall–Kier alpha value is -3.82. The molecule has 1 aromatic heterocycles. The molecule has 0 fully saturated rings. The molecule has 1 amide bonds. The quantitative estimate of drug-likeness (QED) is 0.643. The van der Waals surface area contributed by atoms with Crippen LogP contribution in [-0.2, 0) is 17.5 Å². The first-order valence-corrected chi connectivity index (χ1v) is 8.96. The van der Waals surface area contributed by atoms with E-state index in [1.165, 1.54) is 32.7 Å². The van der Waals surface area contributed by atoms with E-state index in [9.17, 15) is 22.8 Å². The molecule has 0 saturated heterocycles. The van der Waals surface area contributed by atoms with Crippen molar-refractivity contribution in [3.63, 3.8) is 0 Å². The minimum Gasteiger partial charge on any atom is -0.497 e. The molecule has 3 rings (SSSR count). The summed E-state index contributed by atoms with van der Waals surface area (Å²) in [5.74, 6) is 0.477. The lowest BCUT2D eigenvalue weighted by Crippen LogP contribution is -2.27. The summed E-state index contributed by atoms with van der Waals surface area (Å²) in [7, 11) is 2.95. The minimum absolute atomic E-state index is 0.202. The van der Waals surface area contributed by atoms with Gasteiger partial charge in [-0.1, -0.05) is 12.1 Å². The fourth-order valence-electron chi connectivity index (χ4n) is 2.77. The molecule has 0 spiro atoms. The first-order valence-electron chi connectivity index (χ1n) is 8.96. The van der Waals surface area contributed by atoms with Crippen molar-refractivity contribution in [3.05, 3.63) is 70.8 Å². The third-order valence-corrected chi connectivity index (χ3v) is 4.34. The number of ether oxygens (including phenoxy) is 2. The summed E-state index contributed by atoms with van der Waals surface area (Å²) in [5.41, 5.74) is -0.347. The summed E-state index contributed by atoms with van der Waals surface area (Å²) in [5, 5.41) is 2.64. The molecule has 2 aromatic carbocycles. The highest BCUT2D eigenvalue weighted by Gasteiger charge is 2.30. The van der Waals surface area contributed by atoms with Crippen LogP contribution in [-0.4, -0.2) is 29.7 Å². The van der Waals surface area contributed by atoms with Gasteiger partial charge >= 0.3 is 6.18 Å². The maximum Gasteiger partial charge on any atom is 0.416 e. The molecule has 31 heavy (non-hydrogen) atoms. The van der Waals surface area contributed by atoms with Crippen molar-refractivity contribution in [2.45, 2.75) is 12.7 Å². The number of alkyl halides is 3. The molecule has 0 aliphatic heterocycles. The van der Waals surface area contributed by atoms with Crippen LogP contribution >= 0.6 is 0 Å². The Balaban J connectivity index is 1.73. The molecule has 162 valence electrons. The first-order chi connectivity index (χ1) is 14.7. The summed E-state index contributed by atoms with van der Waals surface area (Å²) < 4.78 is 49.4. The molecular weight excluding hydrogens is 415 g/mol. The Kier molecular flexibility index (Phi) is 6.28. The van der Waals surface area contributed by atoms with Gasteiger partial charge in [-0.05, 0) is 12.1 Å². The maximum absolute atomic E-state index is 12.7. The van der Waals surface area contributed by atoms with Gasteiger partial charge in [0.2, 0.25) is 5.91 Å². The molecule has 1 N–H and O–H groups in total. The molecule has 7 nitrogen and oxygen atoms in total. The van der Waals surface area contributed by atoms with Crippen LogP contribution < -0.4 is 20.3 Å². The lowest BCUT2D eigenvalue weighted by molar-refractivity contribution is -0.137. The SMILES string of the molecule is COc1cc(NC(=O)Cn2cnc(-c3ccc(C(F)(F)F)cc3)cc2=O)cc(OC)c1. The monoisotopic (exact) mass is 433 g/mol. The summed E-state index contributed by atoms with van der Waals surface area (Å²) >= 11 is 0. The van der Waals surface area contributed by atoms with Gasteiger partial charge in [0.1, 0.15) is 18.0 Å². The lowest BCUT2D eigenvalue weighted by Gasteiger charge is -2.11. The topological polar surface area (TPSA) is 82.5 Å². The third-order valence-electron chi connectivity index (χ3n) is 4.34. The molecule has 1 heterocycles. The van der Waals surface area contributed by atoms with Crippen LogP contribution in [0.5, 0.6) is 11.5 Å². The van der Waals surface area contributed by atoms with Crippen molar-refractivity contribution in [1.29, 1.82) is 0 Å². The van der Waals surface area contributed by atoms with E-state index in [1.807, 2.05) is 0 Å². The van der Waals surface area contributed by atoms with E-state index in [0.29, 0.717) is 22.7 Å². The largest absolute Gasteiger partial charge is 0.497 e. The predicted molar refractivity (Wildman–Crippen MR) is 107 cm³/mol. The summed E-state index contributed by atoms with van der Waals surface area (Å²) in [6.07, 6.45) is -3.28. The highest BCUT2D eigenvalue weighted by atomic mass is 19.4. The number of rotatable bonds is 6. The van der Waals surface area contributed by atoms with Gasteiger partial charge in [0, 0.05) is 35.5 Å². The fourth-order valence-corrected chi connectivity index (χ4v) is 2.77. The molecule has 3 aromatic rings. The van der Waals surface area contributed by atoms with E-state index < -0.39 is 23.2 Å². The second-order valence-corrected chi connectivity index (χ2v) is 6.46. The molecule has 0 saturated carbocycles. The van der Waals surface area contributed by atoms with Crippen LogP contribution in [0, 0.1) is 0 Å². The van der Waals surface area contributed by atoms with E-state index in [2.05, 4.69) is 10.3 Å². The van der Waals surface area contributed by atoms with E-state index in [0.717, 1.165) is 22.8 Å². The zero-order chi connectivity index (χ0) is 22.6. The molecule has 0 aliphatic rings. The second kappa shape index (κ2) is 8.90. The highest BCUT2D eigenvalue weighted by molar-refractivity contribution is 5.91. The van der Waals surface area contributed by atoms with Gasteiger partial charge in [0.25, 0.3) is 5.56 Å². The molecular formula is C21H18F3N3O4. The van der Waals surface area contributed by atoms with E-state index in [-0.39, 0.29) is 12.2 Å². The standard InChI is InChI=1S/C21H18F3N3O4/c1-30-16-7-15(8-17(9-16)31-2)26-19(28)11-27-12-25-18(10-20(27)29)13-3-5-14(6-4-13)21(22,23)24/h3-10,12H,11H2,1-2H3,(H,26,28). The number of nitrogens with one attached hydrogen (secondary N) is 1. The Morgan fingerprint density at radius 3 is 2.16 bits per heavy atom. The number of carbonyl (C=O) groups excluding carboxylic acids is 1. The molecule has 0 unspecified atom stereocenters. The van der Waals surface area contributed by atoms with Crippen molar-refractivity contribution < 1.29 is 27.4 Å². The van der Waals surface area contributed by atoms with E-state index in [1.54, 1.807) is 18.2 Å². The van der Waals surface area contributed by atoms with Crippen molar-refractivity contribution >= 4 is 11.6 Å². The van der Waals surface area contributed by atoms with Gasteiger partial charge < -0.3 is 14.8 Å². The maximum atomic E-state index is 12.7.